The number of carbonyl (C=O) groups excluding carboxylic acids is 1. The monoisotopic (exact) mass is 621 g/mol. The number of amides is 1. The van der Waals surface area contributed by atoms with Gasteiger partial charge in [0.05, 0.1) is 6.20 Å². The molecule has 0 radical (unpaired) electrons. The van der Waals surface area contributed by atoms with Crippen LogP contribution in [0.25, 0.3) is 0 Å². The van der Waals surface area contributed by atoms with Crippen molar-refractivity contribution in [3.8, 4) is 0 Å². The first-order valence-electron chi connectivity index (χ1n) is 16.4. The van der Waals surface area contributed by atoms with Crippen LogP contribution < -0.4 is 10.6 Å². The predicted octanol–water partition coefficient (Wildman–Crippen LogP) is 6.04. The van der Waals surface area contributed by atoms with E-state index in [0.29, 0.717) is 36.3 Å². The Hall–Kier alpha value is -3.04. The molecule has 6 rings (SSSR count). The van der Waals surface area contributed by atoms with Crippen molar-refractivity contribution in [2.75, 3.05) is 18.0 Å². The lowest BCUT2D eigenvalue weighted by molar-refractivity contribution is -0.136. The number of halogens is 2. The number of piperidine rings is 1. The molecule has 1 aliphatic heterocycles. The van der Waals surface area contributed by atoms with Crippen molar-refractivity contribution in [2.45, 2.75) is 102 Å². The number of likely N-dealkylation sites (tertiary alicyclic amines) is 1. The number of nitrogens with two attached hydrogens (primary N) is 1. The number of hydrogen-bond acceptors (Lipinski definition) is 6. The molecule has 1 saturated heterocycles. The molecule has 8 nitrogen and oxygen atoms in total. The lowest BCUT2D eigenvalue weighted by Crippen LogP contribution is -2.57. The number of hydrogen-bond donors (Lipinski definition) is 1. The number of anilines is 1. The topological polar surface area (TPSA) is 93.2 Å². The van der Waals surface area contributed by atoms with Crippen molar-refractivity contribution in [2.24, 2.45) is 17.1 Å². The Kier molecular flexibility index (Phi) is 9.81. The Morgan fingerprint density at radius 3 is 2.39 bits per heavy atom. The Morgan fingerprint density at radius 1 is 1.02 bits per heavy atom. The van der Waals surface area contributed by atoms with Crippen LogP contribution >= 0.6 is 11.6 Å². The first-order valence-corrected chi connectivity index (χ1v) is 16.8. The van der Waals surface area contributed by atoms with Gasteiger partial charge in [0.25, 0.3) is 0 Å². The third-order valence-corrected chi connectivity index (χ3v) is 10.8. The van der Waals surface area contributed by atoms with Gasteiger partial charge in [0.15, 0.2) is 0 Å². The summed E-state index contributed by atoms with van der Waals surface area (Å²) in [4.78, 5) is 27.8. The van der Waals surface area contributed by atoms with E-state index in [-0.39, 0.29) is 29.2 Å². The molecular weight excluding hydrogens is 577 g/mol. The number of rotatable bonds is 9. The Labute approximate surface area is 265 Å². The van der Waals surface area contributed by atoms with Crippen molar-refractivity contribution in [1.82, 2.24) is 24.6 Å². The lowest BCUT2D eigenvalue weighted by Gasteiger charge is -2.49. The highest BCUT2D eigenvalue weighted by molar-refractivity contribution is 6.30. The molecule has 3 aromatic rings. The summed E-state index contributed by atoms with van der Waals surface area (Å²) in [6, 6.07) is 10.7. The van der Waals surface area contributed by atoms with Crippen LogP contribution in [0.3, 0.4) is 0 Å². The van der Waals surface area contributed by atoms with Gasteiger partial charge in [-0.25, -0.2) is 14.4 Å². The predicted molar refractivity (Wildman–Crippen MR) is 171 cm³/mol. The van der Waals surface area contributed by atoms with E-state index in [0.717, 1.165) is 50.6 Å². The van der Waals surface area contributed by atoms with E-state index in [4.69, 9.17) is 17.3 Å². The Morgan fingerprint density at radius 2 is 1.75 bits per heavy atom. The van der Waals surface area contributed by atoms with Crippen LogP contribution in [0.4, 0.5) is 10.2 Å². The average molecular weight is 622 g/mol. The third kappa shape index (κ3) is 7.09. The zero-order chi connectivity index (χ0) is 30.5. The minimum atomic E-state index is -0.481. The van der Waals surface area contributed by atoms with E-state index < -0.39 is 6.04 Å². The SMILES string of the molecule is NC1CCC(N(c2ccc(F)cn2)[C@H](Cc2ccc(Cl)cc2)C(=O)N2CCC(Cn3cncn3)(C3CCCCC3)CC2)CC1. The van der Waals surface area contributed by atoms with Gasteiger partial charge in [-0.2, -0.15) is 5.10 Å². The standard InChI is InChI=1S/C34H45ClFN7O/c35-27-8-6-25(7-9-27)20-31(43(30-13-11-29(37)12-14-30)32-15-10-28(36)21-39-32)33(44)41-18-16-34(17-19-41,22-42-24-38-23-40-42)26-4-2-1-3-5-26/h6-10,15,21,23-24,26,29-31H,1-5,11-14,16-20,22,37H2/t29?,30?,31-/m1/s1. The maximum atomic E-state index is 14.8. The quantitative estimate of drug-likeness (QED) is 0.313. The molecule has 2 aromatic heterocycles. The summed E-state index contributed by atoms with van der Waals surface area (Å²) >= 11 is 6.23. The highest BCUT2D eigenvalue weighted by Gasteiger charge is 2.45. The minimum absolute atomic E-state index is 0.0902. The van der Waals surface area contributed by atoms with Crippen LogP contribution in [0, 0.1) is 17.2 Å². The van der Waals surface area contributed by atoms with Gasteiger partial charge in [0.1, 0.15) is 30.3 Å². The summed E-state index contributed by atoms with van der Waals surface area (Å²) in [7, 11) is 0. The van der Waals surface area contributed by atoms with Crippen molar-refractivity contribution in [1.29, 1.82) is 0 Å². The fourth-order valence-electron chi connectivity index (χ4n) is 8.08. The van der Waals surface area contributed by atoms with Gasteiger partial charge in [-0.05, 0) is 92.5 Å². The van der Waals surface area contributed by atoms with Crippen molar-refractivity contribution < 1.29 is 9.18 Å². The molecule has 0 bridgehead atoms. The zero-order valence-electron chi connectivity index (χ0n) is 25.5. The van der Waals surface area contributed by atoms with Gasteiger partial charge in [-0.3, -0.25) is 9.48 Å². The van der Waals surface area contributed by atoms with Crippen LogP contribution in [0.2, 0.25) is 5.02 Å². The average Bonchev–Trinajstić information content (AvgIpc) is 3.57. The smallest absolute Gasteiger partial charge is 0.245 e. The van der Waals surface area contributed by atoms with Gasteiger partial charge in [-0.1, -0.05) is 43.0 Å². The molecule has 2 aliphatic carbocycles. The first-order chi connectivity index (χ1) is 21.4. The highest BCUT2D eigenvalue weighted by atomic mass is 35.5. The van der Waals surface area contributed by atoms with Crippen LogP contribution in [0.1, 0.15) is 76.2 Å². The maximum Gasteiger partial charge on any atom is 0.245 e. The van der Waals surface area contributed by atoms with Gasteiger partial charge in [0.2, 0.25) is 5.91 Å². The number of carbonyl (C=O) groups is 1. The van der Waals surface area contributed by atoms with E-state index >= 15 is 0 Å². The zero-order valence-corrected chi connectivity index (χ0v) is 26.3. The molecule has 2 N–H and O–H groups in total. The molecule has 1 atom stereocenters. The Balaban J connectivity index is 1.29. The van der Waals surface area contributed by atoms with E-state index in [9.17, 15) is 9.18 Å². The molecule has 3 aliphatic rings. The summed E-state index contributed by atoms with van der Waals surface area (Å²) in [5, 5.41) is 5.14. The second-order valence-electron chi connectivity index (χ2n) is 13.3. The molecule has 1 aromatic carbocycles. The van der Waals surface area contributed by atoms with E-state index in [1.165, 1.54) is 44.4 Å². The second kappa shape index (κ2) is 13.9. The third-order valence-electron chi connectivity index (χ3n) is 10.6. The fourth-order valence-corrected chi connectivity index (χ4v) is 8.21. The van der Waals surface area contributed by atoms with Crippen LogP contribution in [-0.4, -0.2) is 61.8 Å². The molecule has 0 unspecified atom stereocenters. The normalized spacial score (nSPS) is 23.3. The summed E-state index contributed by atoms with van der Waals surface area (Å²) in [6.07, 6.45) is 17.0. The van der Waals surface area contributed by atoms with Gasteiger partial charge < -0.3 is 15.5 Å². The van der Waals surface area contributed by atoms with E-state index in [1.54, 1.807) is 12.4 Å². The largest absolute Gasteiger partial charge is 0.341 e. The summed E-state index contributed by atoms with van der Waals surface area (Å²) < 4.78 is 16.0. The Bertz CT molecular complexity index is 1330. The van der Waals surface area contributed by atoms with Crippen molar-refractivity contribution >= 4 is 23.3 Å². The summed E-state index contributed by atoms with van der Waals surface area (Å²) in [5.74, 6) is 0.995. The molecule has 2 saturated carbocycles. The summed E-state index contributed by atoms with van der Waals surface area (Å²) in [6.45, 7) is 2.27. The number of pyridine rings is 1. The van der Waals surface area contributed by atoms with Gasteiger partial charge >= 0.3 is 0 Å². The first kappa shape index (κ1) is 31.0. The van der Waals surface area contributed by atoms with E-state index in [1.807, 2.05) is 35.3 Å². The lowest BCUT2D eigenvalue weighted by atomic mass is 9.63. The highest BCUT2D eigenvalue weighted by Crippen LogP contribution is 2.47. The van der Waals surface area contributed by atoms with Crippen LogP contribution in [0.15, 0.2) is 55.2 Å². The molecule has 3 heterocycles. The number of nitrogens with zero attached hydrogens (tertiary/aromatic N) is 6. The van der Waals surface area contributed by atoms with Crippen LogP contribution in [0.5, 0.6) is 0 Å². The van der Waals surface area contributed by atoms with E-state index in [2.05, 4.69) is 24.9 Å². The molecule has 0 spiro atoms. The maximum absolute atomic E-state index is 14.8. The molecular formula is C34H45ClFN7O. The summed E-state index contributed by atoms with van der Waals surface area (Å²) in [5.41, 5.74) is 7.44. The molecule has 1 amide bonds. The molecule has 10 heteroatoms. The second-order valence-corrected chi connectivity index (χ2v) is 13.7. The molecule has 3 fully saturated rings. The van der Waals surface area contributed by atoms with Crippen LogP contribution in [-0.2, 0) is 17.8 Å². The van der Waals surface area contributed by atoms with Crippen molar-refractivity contribution in [3.63, 3.8) is 0 Å². The van der Waals surface area contributed by atoms with Crippen molar-refractivity contribution in [3.05, 3.63) is 71.7 Å². The van der Waals surface area contributed by atoms with Gasteiger partial charge in [0, 0.05) is 43.2 Å². The fraction of sp³-hybridized carbons (Fsp3) is 0.588. The number of aromatic nitrogens is 4. The molecule has 236 valence electrons. The minimum Gasteiger partial charge on any atom is -0.341 e. The van der Waals surface area contributed by atoms with Gasteiger partial charge in [-0.15, -0.1) is 0 Å². The number of benzene rings is 1. The molecule has 44 heavy (non-hydrogen) atoms.